The van der Waals surface area contributed by atoms with Crippen LogP contribution in [0.5, 0.6) is 0 Å². The van der Waals surface area contributed by atoms with Crippen molar-refractivity contribution in [3.8, 4) is 0 Å². The van der Waals surface area contributed by atoms with Crippen LogP contribution in [-0.4, -0.2) is 40.1 Å². The zero-order chi connectivity index (χ0) is 14.3. The Labute approximate surface area is 116 Å². The highest BCUT2D eigenvalue weighted by Crippen LogP contribution is 2.44. The van der Waals surface area contributed by atoms with Gasteiger partial charge in [0.05, 0.1) is 18.0 Å². The van der Waals surface area contributed by atoms with Gasteiger partial charge in [0, 0.05) is 19.2 Å². The molecule has 1 amide bonds. The fourth-order valence-electron chi connectivity index (χ4n) is 3.06. The molecule has 0 bridgehead atoms. The van der Waals surface area contributed by atoms with Crippen molar-refractivity contribution in [2.75, 3.05) is 13.1 Å². The highest BCUT2D eigenvalue weighted by atomic mass is 16.5. The van der Waals surface area contributed by atoms with Crippen LogP contribution in [0.2, 0.25) is 0 Å². The number of amides is 1. The van der Waals surface area contributed by atoms with E-state index in [9.17, 15) is 14.7 Å². The second-order valence-electron chi connectivity index (χ2n) is 5.85. The zero-order valence-electron chi connectivity index (χ0n) is 11.4. The van der Waals surface area contributed by atoms with Gasteiger partial charge in [0.25, 0.3) is 0 Å². The average Bonchev–Trinajstić information content (AvgIpc) is 3.00. The smallest absolute Gasteiger partial charge is 0.308 e. The van der Waals surface area contributed by atoms with Crippen molar-refractivity contribution >= 4 is 11.9 Å². The Morgan fingerprint density at radius 3 is 2.75 bits per heavy atom. The van der Waals surface area contributed by atoms with Crippen molar-refractivity contribution in [2.24, 2.45) is 17.8 Å². The second-order valence-corrected chi connectivity index (χ2v) is 5.85. The number of nitrogens with zero attached hydrogens (tertiary/aromatic N) is 2. The van der Waals surface area contributed by atoms with Gasteiger partial charge in [0.2, 0.25) is 5.91 Å². The van der Waals surface area contributed by atoms with Crippen LogP contribution in [0.25, 0.3) is 0 Å². The number of hydrogen-bond donors (Lipinski definition) is 1. The number of carboxylic acid groups (broad SMARTS) is 1. The molecule has 2 aliphatic rings. The first-order valence-corrected chi connectivity index (χ1v) is 6.97. The molecule has 1 saturated carbocycles. The average molecular weight is 278 g/mol. The fraction of sp³-hybridized carbons (Fsp3) is 0.643. The van der Waals surface area contributed by atoms with E-state index in [-0.39, 0.29) is 18.2 Å². The summed E-state index contributed by atoms with van der Waals surface area (Å²) in [5.74, 6) is 0.0276. The number of rotatable bonds is 4. The largest absolute Gasteiger partial charge is 0.481 e. The van der Waals surface area contributed by atoms with Gasteiger partial charge in [-0.05, 0) is 31.6 Å². The Hall–Kier alpha value is -1.85. The van der Waals surface area contributed by atoms with E-state index in [4.69, 9.17) is 4.52 Å². The van der Waals surface area contributed by atoms with Gasteiger partial charge in [-0.25, -0.2) is 0 Å². The number of aliphatic carboxylic acids is 1. The summed E-state index contributed by atoms with van der Waals surface area (Å²) in [6.07, 6.45) is 2.37. The molecule has 1 aromatic heterocycles. The van der Waals surface area contributed by atoms with Gasteiger partial charge in [-0.15, -0.1) is 0 Å². The lowest BCUT2D eigenvalue weighted by Crippen LogP contribution is -2.31. The van der Waals surface area contributed by atoms with Gasteiger partial charge >= 0.3 is 5.97 Å². The molecule has 6 nitrogen and oxygen atoms in total. The summed E-state index contributed by atoms with van der Waals surface area (Å²) in [6.45, 7) is 2.67. The Kier molecular flexibility index (Phi) is 3.23. The van der Waals surface area contributed by atoms with Crippen LogP contribution in [-0.2, 0) is 16.0 Å². The first-order valence-electron chi connectivity index (χ1n) is 6.97. The molecule has 2 fully saturated rings. The summed E-state index contributed by atoms with van der Waals surface area (Å²) >= 11 is 0. The molecule has 20 heavy (non-hydrogen) atoms. The number of carboxylic acids is 1. The van der Waals surface area contributed by atoms with Crippen LogP contribution in [0.1, 0.15) is 24.3 Å². The summed E-state index contributed by atoms with van der Waals surface area (Å²) < 4.78 is 4.94. The summed E-state index contributed by atoms with van der Waals surface area (Å²) in [6, 6.07) is 1.74. The van der Waals surface area contributed by atoms with E-state index < -0.39 is 11.9 Å². The molecule has 0 aromatic carbocycles. The molecule has 3 rings (SSSR count). The molecule has 6 heteroatoms. The van der Waals surface area contributed by atoms with Gasteiger partial charge in [-0.3, -0.25) is 9.59 Å². The number of hydrogen-bond acceptors (Lipinski definition) is 4. The van der Waals surface area contributed by atoms with Crippen molar-refractivity contribution in [1.82, 2.24) is 10.1 Å². The first-order chi connectivity index (χ1) is 9.54. The van der Waals surface area contributed by atoms with Crippen molar-refractivity contribution in [3.63, 3.8) is 0 Å². The van der Waals surface area contributed by atoms with Crippen LogP contribution in [0.15, 0.2) is 10.6 Å². The van der Waals surface area contributed by atoms with E-state index in [1.165, 1.54) is 0 Å². The highest BCUT2D eigenvalue weighted by Gasteiger charge is 2.46. The van der Waals surface area contributed by atoms with Crippen molar-refractivity contribution < 1.29 is 19.2 Å². The molecule has 108 valence electrons. The van der Waals surface area contributed by atoms with E-state index in [1.807, 2.05) is 0 Å². The molecule has 1 N–H and O–H groups in total. The molecule has 0 unspecified atom stereocenters. The van der Waals surface area contributed by atoms with Crippen LogP contribution in [0.4, 0.5) is 0 Å². The molecule has 1 aromatic rings. The van der Waals surface area contributed by atoms with Gasteiger partial charge in [0.15, 0.2) is 0 Å². The molecular weight excluding hydrogens is 260 g/mol. The summed E-state index contributed by atoms with van der Waals surface area (Å²) in [5, 5.41) is 13.1. The minimum Gasteiger partial charge on any atom is -0.481 e. The Morgan fingerprint density at radius 2 is 2.20 bits per heavy atom. The molecule has 1 saturated heterocycles. The van der Waals surface area contributed by atoms with Crippen molar-refractivity contribution in [3.05, 3.63) is 17.5 Å². The quantitative estimate of drug-likeness (QED) is 0.891. The molecule has 2 heterocycles. The van der Waals surface area contributed by atoms with E-state index in [0.717, 1.165) is 12.8 Å². The van der Waals surface area contributed by atoms with E-state index in [2.05, 4.69) is 5.16 Å². The maximum Gasteiger partial charge on any atom is 0.308 e. The normalized spacial score (nSPS) is 25.9. The van der Waals surface area contributed by atoms with E-state index in [0.29, 0.717) is 30.5 Å². The van der Waals surface area contributed by atoms with E-state index in [1.54, 1.807) is 17.9 Å². The van der Waals surface area contributed by atoms with Crippen LogP contribution >= 0.6 is 0 Å². The predicted octanol–water partition coefficient (Wildman–Crippen LogP) is 1.09. The summed E-state index contributed by atoms with van der Waals surface area (Å²) in [4.78, 5) is 25.2. The number of carbonyl (C=O) groups is 2. The van der Waals surface area contributed by atoms with E-state index >= 15 is 0 Å². The predicted molar refractivity (Wildman–Crippen MR) is 68.9 cm³/mol. The molecular formula is C14H18N2O4. The maximum atomic E-state index is 12.2. The van der Waals surface area contributed by atoms with Gasteiger partial charge in [-0.1, -0.05) is 5.16 Å². The standard InChI is InChI=1S/C14H18N2O4/c1-8-4-10(15-20-8)5-13(17)16-6-11(9-2-3-9)12(7-16)14(18)19/h4,9,11-12H,2-3,5-7H2,1H3,(H,18,19)/t11-,12+/m1/s1. The molecule has 1 aliphatic heterocycles. The third-order valence-corrected chi connectivity index (χ3v) is 4.27. The van der Waals surface area contributed by atoms with Gasteiger partial charge in [-0.2, -0.15) is 0 Å². The molecule has 2 atom stereocenters. The maximum absolute atomic E-state index is 12.2. The minimum absolute atomic E-state index is 0.0623. The number of carbonyl (C=O) groups excluding carboxylic acids is 1. The van der Waals surface area contributed by atoms with Crippen LogP contribution in [0.3, 0.4) is 0 Å². The van der Waals surface area contributed by atoms with Crippen LogP contribution in [0, 0.1) is 24.7 Å². The van der Waals surface area contributed by atoms with Crippen molar-refractivity contribution in [2.45, 2.75) is 26.2 Å². The molecule has 1 aliphatic carbocycles. The third kappa shape index (κ3) is 2.55. The minimum atomic E-state index is -0.783. The zero-order valence-corrected chi connectivity index (χ0v) is 11.4. The highest BCUT2D eigenvalue weighted by molar-refractivity contribution is 5.80. The Balaban J connectivity index is 1.65. The number of aromatic nitrogens is 1. The van der Waals surface area contributed by atoms with Crippen molar-refractivity contribution in [1.29, 1.82) is 0 Å². The molecule has 0 spiro atoms. The van der Waals surface area contributed by atoms with Crippen LogP contribution < -0.4 is 0 Å². The van der Waals surface area contributed by atoms with Gasteiger partial charge < -0.3 is 14.5 Å². The van der Waals surface area contributed by atoms with Gasteiger partial charge in [0.1, 0.15) is 5.76 Å². The SMILES string of the molecule is Cc1cc(CC(=O)N2C[C@H](C(=O)O)[C@@H](C3CC3)C2)no1. The lowest BCUT2D eigenvalue weighted by Gasteiger charge is -2.15. The number of likely N-dealkylation sites (tertiary alicyclic amines) is 1. The second kappa shape index (κ2) is 4.92. The topological polar surface area (TPSA) is 83.6 Å². The summed E-state index contributed by atoms with van der Waals surface area (Å²) in [7, 11) is 0. The monoisotopic (exact) mass is 278 g/mol. The Bertz CT molecular complexity index is 535. The summed E-state index contributed by atoms with van der Waals surface area (Å²) in [5.41, 5.74) is 0.606. The lowest BCUT2D eigenvalue weighted by atomic mass is 9.92. The number of aryl methyl sites for hydroxylation is 1. The fourth-order valence-corrected chi connectivity index (χ4v) is 3.06. The Morgan fingerprint density at radius 1 is 1.45 bits per heavy atom. The first kappa shape index (κ1) is 13.1. The molecule has 0 radical (unpaired) electrons. The third-order valence-electron chi connectivity index (χ3n) is 4.27. The lowest BCUT2D eigenvalue weighted by molar-refractivity contribution is -0.142.